The van der Waals surface area contributed by atoms with Crippen LogP contribution in [-0.2, 0) is 4.74 Å². The largest absolute Gasteiger partial charge is 0.481 e. The Kier molecular flexibility index (Phi) is 4.01. The van der Waals surface area contributed by atoms with Gasteiger partial charge in [0.25, 0.3) is 5.91 Å². The minimum atomic E-state index is -0.991. The van der Waals surface area contributed by atoms with Crippen molar-refractivity contribution in [2.24, 2.45) is 0 Å². The maximum absolute atomic E-state index is 11.9. The molecule has 2 unspecified atom stereocenters. The second kappa shape index (κ2) is 5.54. The van der Waals surface area contributed by atoms with E-state index in [1.54, 1.807) is 19.1 Å². The highest BCUT2D eigenvalue weighted by Crippen LogP contribution is 2.24. The number of hydrogen-bond donors (Lipinski definition) is 2. The molecule has 0 aromatic carbocycles. The first kappa shape index (κ1) is 13.8. The highest BCUT2D eigenvalue weighted by atomic mass is 16.5. The van der Waals surface area contributed by atoms with Gasteiger partial charge in [0, 0.05) is 31.8 Å². The number of nitrogens with one attached hydrogen (secondary N) is 1. The summed E-state index contributed by atoms with van der Waals surface area (Å²) in [5.74, 6) is 0.177. The van der Waals surface area contributed by atoms with Crippen LogP contribution in [0.1, 0.15) is 23.7 Å². The maximum Gasteiger partial charge on any atom is 0.252 e. The molecule has 19 heavy (non-hydrogen) atoms. The molecule has 1 aromatic heterocycles. The molecule has 2 heterocycles. The van der Waals surface area contributed by atoms with Crippen molar-refractivity contribution in [2.45, 2.75) is 25.0 Å². The van der Waals surface area contributed by atoms with Gasteiger partial charge < -0.3 is 19.9 Å². The van der Waals surface area contributed by atoms with Crippen LogP contribution in [0.5, 0.6) is 5.88 Å². The van der Waals surface area contributed by atoms with Gasteiger partial charge in [-0.2, -0.15) is 0 Å². The van der Waals surface area contributed by atoms with Crippen LogP contribution < -0.4 is 10.1 Å². The van der Waals surface area contributed by atoms with Crippen LogP contribution in [0.4, 0.5) is 0 Å². The number of rotatable bonds is 4. The number of carbonyl (C=O) groups is 1. The number of nitrogens with zero attached hydrogens (tertiary/aromatic N) is 1. The van der Waals surface area contributed by atoms with Crippen LogP contribution in [0.2, 0.25) is 0 Å². The molecule has 0 aliphatic carbocycles. The molecular formula is C13H18N2O4. The zero-order valence-corrected chi connectivity index (χ0v) is 11.0. The fourth-order valence-electron chi connectivity index (χ4n) is 1.97. The summed E-state index contributed by atoms with van der Waals surface area (Å²) in [6.07, 6.45) is 1.68. The maximum atomic E-state index is 11.9. The molecule has 1 fully saturated rings. The van der Waals surface area contributed by atoms with E-state index in [2.05, 4.69) is 10.3 Å². The van der Waals surface area contributed by atoms with Gasteiger partial charge >= 0.3 is 0 Å². The van der Waals surface area contributed by atoms with E-state index in [9.17, 15) is 9.90 Å². The first-order valence-corrected chi connectivity index (χ1v) is 6.17. The monoisotopic (exact) mass is 266 g/mol. The number of ether oxygens (including phenoxy) is 2. The molecule has 1 aliphatic heterocycles. The summed E-state index contributed by atoms with van der Waals surface area (Å²) >= 11 is 0. The van der Waals surface area contributed by atoms with Gasteiger partial charge in [-0.3, -0.25) is 4.79 Å². The molecule has 0 radical (unpaired) electrons. The van der Waals surface area contributed by atoms with Gasteiger partial charge in [0.2, 0.25) is 5.88 Å². The van der Waals surface area contributed by atoms with Crippen LogP contribution in [0, 0.1) is 0 Å². The van der Waals surface area contributed by atoms with E-state index in [1.807, 2.05) is 0 Å². The summed E-state index contributed by atoms with van der Waals surface area (Å²) in [6.45, 7) is 2.48. The Morgan fingerprint density at radius 1 is 1.68 bits per heavy atom. The first-order valence-electron chi connectivity index (χ1n) is 6.17. The zero-order valence-electron chi connectivity index (χ0n) is 11.0. The van der Waals surface area contributed by atoms with Crippen molar-refractivity contribution in [3.05, 3.63) is 23.9 Å². The number of aromatic nitrogens is 1. The molecule has 2 atom stereocenters. The van der Waals surface area contributed by atoms with Gasteiger partial charge in [-0.15, -0.1) is 0 Å². The molecule has 1 saturated heterocycles. The lowest BCUT2D eigenvalue weighted by atomic mass is 9.96. The summed E-state index contributed by atoms with van der Waals surface area (Å²) in [7, 11) is 1.51. The molecule has 104 valence electrons. The summed E-state index contributed by atoms with van der Waals surface area (Å²) in [5.41, 5.74) is -0.564. The van der Waals surface area contributed by atoms with Gasteiger partial charge in [-0.25, -0.2) is 4.98 Å². The number of amides is 1. The molecule has 2 N–H and O–H groups in total. The molecule has 1 amide bonds. The van der Waals surface area contributed by atoms with E-state index in [0.29, 0.717) is 24.5 Å². The van der Waals surface area contributed by atoms with Crippen LogP contribution in [0.15, 0.2) is 18.3 Å². The van der Waals surface area contributed by atoms with E-state index >= 15 is 0 Å². The van der Waals surface area contributed by atoms with Gasteiger partial charge in [0.1, 0.15) is 5.60 Å². The normalized spacial score (nSPS) is 26.2. The zero-order chi connectivity index (χ0) is 13.9. The summed E-state index contributed by atoms with van der Waals surface area (Å²) in [6, 6.07) is 3.24. The highest BCUT2D eigenvalue weighted by Gasteiger charge is 2.39. The highest BCUT2D eigenvalue weighted by molar-refractivity contribution is 5.93. The van der Waals surface area contributed by atoms with Crippen molar-refractivity contribution >= 4 is 5.91 Å². The Labute approximate surface area is 111 Å². The predicted molar refractivity (Wildman–Crippen MR) is 68.1 cm³/mol. The Bertz CT molecular complexity index is 448. The Morgan fingerprint density at radius 2 is 2.47 bits per heavy atom. The minimum absolute atomic E-state index is 0.166. The van der Waals surface area contributed by atoms with Crippen molar-refractivity contribution < 1.29 is 19.4 Å². The van der Waals surface area contributed by atoms with Gasteiger partial charge in [-0.1, -0.05) is 0 Å². The Balaban J connectivity index is 1.93. The number of methoxy groups -OCH3 is 1. The second-order valence-corrected chi connectivity index (χ2v) is 4.64. The molecular weight excluding hydrogens is 248 g/mol. The predicted octanol–water partition coefficient (Wildman–Crippen LogP) is 0.360. The third-order valence-corrected chi connectivity index (χ3v) is 3.42. The van der Waals surface area contributed by atoms with Crippen LogP contribution in [0.25, 0.3) is 0 Å². The molecule has 0 spiro atoms. The van der Waals surface area contributed by atoms with Gasteiger partial charge in [0.05, 0.1) is 18.8 Å². The van der Waals surface area contributed by atoms with E-state index in [0.717, 1.165) is 0 Å². The summed E-state index contributed by atoms with van der Waals surface area (Å²) in [4.78, 5) is 15.9. The number of aliphatic hydroxyl groups is 1. The third kappa shape index (κ3) is 3.02. The van der Waals surface area contributed by atoms with Crippen molar-refractivity contribution in [3.8, 4) is 5.88 Å². The summed E-state index contributed by atoms with van der Waals surface area (Å²) in [5, 5.41) is 13.0. The quantitative estimate of drug-likeness (QED) is 0.822. The molecule has 1 aromatic rings. The second-order valence-electron chi connectivity index (χ2n) is 4.64. The fraction of sp³-hybridized carbons (Fsp3) is 0.538. The van der Waals surface area contributed by atoms with Gasteiger partial charge in [-0.05, 0) is 13.0 Å². The smallest absolute Gasteiger partial charge is 0.252 e. The topological polar surface area (TPSA) is 80.7 Å². The van der Waals surface area contributed by atoms with Gasteiger partial charge in [0.15, 0.2) is 0 Å². The standard InChI is InChI=1S/C13H18N2O4/c1-9-13(17,5-6-19-9)8-15-12(16)10-3-4-11(18-2)14-7-10/h3-4,7,9,17H,5-6,8H2,1-2H3,(H,15,16). The number of pyridine rings is 1. The van der Waals surface area contributed by atoms with Crippen molar-refractivity contribution in [2.75, 3.05) is 20.3 Å². The first-order chi connectivity index (χ1) is 9.05. The van der Waals surface area contributed by atoms with E-state index in [-0.39, 0.29) is 18.6 Å². The van der Waals surface area contributed by atoms with E-state index in [1.165, 1.54) is 13.3 Å². The third-order valence-electron chi connectivity index (χ3n) is 3.42. The average molecular weight is 266 g/mol. The van der Waals surface area contributed by atoms with Crippen molar-refractivity contribution in [1.82, 2.24) is 10.3 Å². The Hall–Kier alpha value is -1.66. The molecule has 0 bridgehead atoms. The molecule has 6 heteroatoms. The van der Waals surface area contributed by atoms with E-state index < -0.39 is 5.60 Å². The van der Waals surface area contributed by atoms with Crippen LogP contribution in [0.3, 0.4) is 0 Å². The summed E-state index contributed by atoms with van der Waals surface area (Å²) < 4.78 is 10.2. The SMILES string of the molecule is COc1ccc(C(=O)NCC2(O)CCOC2C)cn1. The number of carbonyl (C=O) groups excluding carboxylic acids is 1. The Morgan fingerprint density at radius 3 is 3.00 bits per heavy atom. The minimum Gasteiger partial charge on any atom is -0.481 e. The molecule has 6 nitrogen and oxygen atoms in total. The molecule has 2 rings (SSSR count). The lowest BCUT2D eigenvalue weighted by molar-refractivity contribution is -0.0251. The van der Waals surface area contributed by atoms with E-state index in [4.69, 9.17) is 9.47 Å². The molecule has 1 aliphatic rings. The van der Waals surface area contributed by atoms with Crippen molar-refractivity contribution in [3.63, 3.8) is 0 Å². The van der Waals surface area contributed by atoms with Crippen LogP contribution in [-0.4, -0.2) is 48.0 Å². The average Bonchev–Trinajstić information content (AvgIpc) is 2.77. The molecule has 0 saturated carbocycles. The number of hydrogen-bond acceptors (Lipinski definition) is 5. The fourth-order valence-corrected chi connectivity index (χ4v) is 1.97. The van der Waals surface area contributed by atoms with Crippen LogP contribution >= 0.6 is 0 Å². The van der Waals surface area contributed by atoms with Crippen molar-refractivity contribution in [1.29, 1.82) is 0 Å². The lowest BCUT2D eigenvalue weighted by Gasteiger charge is -2.26. The lowest BCUT2D eigenvalue weighted by Crippen LogP contribution is -2.47.